The van der Waals surface area contributed by atoms with Crippen LogP contribution in [0.15, 0.2) is 22.8 Å². The second-order valence-corrected chi connectivity index (χ2v) is 6.44. The molecule has 0 bridgehead atoms. The van der Waals surface area contributed by atoms with Crippen molar-refractivity contribution in [2.45, 2.75) is 39.2 Å². The molecule has 1 N–H and O–H groups in total. The first kappa shape index (κ1) is 13.0. The van der Waals surface area contributed by atoms with Crippen LogP contribution in [-0.4, -0.2) is 10.1 Å². The van der Waals surface area contributed by atoms with Gasteiger partial charge in [-0.1, -0.05) is 13.8 Å². The van der Waals surface area contributed by atoms with Gasteiger partial charge in [-0.05, 0) is 65.1 Å². The summed E-state index contributed by atoms with van der Waals surface area (Å²) in [5, 5.41) is 10.4. The Morgan fingerprint density at radius 1 is 1.24 bits per heavy atom. The number of nitrogens with zero attached hydrogens (tertiary/aromatic N) is 1. The summed E-state index contributed by atoms with van der Waals surface area (Å²) in [6, 6.07) is 3.86. The summed E-state index contributed by atoms with van der Waals surface area (Å²) in [5.74, 6) is 1.80. The van der Waals surface area contributed by atoms with Crippen molar-refractivity contribution in [3.8, 4) is 0 Å². The van der Waals surface area contributed by atoms with Crippen molar-refractivity contribution >= 4 is 15.9 Å². The van der Waals surface area contributed by atoms with Crippen LogP contribution < -0.4 is 0 Å². The molecule has 1 aliphatic carbocycles. The molecule has 1 aromatic heterocycles. The van der Waals surface area contributed by atoms with E-state index in [-0.39, 0.29) is 0 Å². The second-order valence-electron chi connectivity index (χ2n) is 5.52. The van der Waals surface area contributed by atoms with E-state index in [9.17, 15) is 5.11 Å². The first-order valence-electron chi connectivity index (χ1n) is 6.35. The molecule has 94 valence electrons. The van der Waals surface area contributed by atoms with Gasteiger partial charge in [-0.2, -0.15) is 0 Å². The van der Waals surface area contributed by atoms with Gasteiger partial charge in [0.05, 0.1) is 11.8 Å². The Bertz CT molecular complexity index is 355. The largest absolute Gasteiger partial charge is 0.387 e. The van der Waals surface area contributed by atoms with Gasteiger partial charge in [-0.25, -0.2) is 0 Å². The van der Waals surface area contributed by atoms with E-state index in [1.807, 2.05) is 12.1 Å². The number of aromatic nitrogens is 1. The second kappa shape index (κ2) is 5.49. The monoisotopic (exact) mass is 297 g/mol. The molecule has 0 spiro atoms. The average molecular weight is 298 g/mol. The van der Waals surface area contributed by atoms with Crippen molar-refractivity contribution in [2.75, 3.05) is 0 Å². The van der Waals surface area contributed by atoms with Crippen LogP contribution in [0.1, 0.15) is 44.9 Å². The SMILES string of the molecule is CC1CC(C)CC(C(O)c2ccc(Br)cn2)C1. The highest BCUT2D eigenvalue weighted by molar-refractivity contribution is 9.10. The van der Waals surface area contributed by atoms with Gasteiger partial charge in [-0.3, -0.25) is 4.98 Å². The maximum Gasteiger partial charge on any atom is 0.0987 e. The zero-order chi connectivity index (χ0) is 12.4. The van der Waals surface area contributed by atoms with Gasteiger partial charge < -0.3 is 5.11 Å². The Kier molecular flexibility index (Phi) is 4.21. The van der Waals surface area contributed by atoms with Crippen LogP contribution in [0.2, 0.25) is 0 Å². The minimum absolute atomic E-state index is 0.363. The maximum atomic E-state index is 10.4. The van der Waals surface area contributed by atoms with E-state index in [0.29, 0.717) is 17.8 Å². The number of aliphatic hydroxyl groups excluding tert-OH is 1. The third-order valence-electron chi connectivity index (χ3n) is 3.71. The van der Waals surface area contributed by atoms with E-state index in [0.717, 1.165) is 23.0 Å². The summed E-state index contributed by atoms with van der Waals surface area (Å²) in [5.41, 5.74) is 0.805. The molecule has 3 atom stereocenters. The standard InChI is InChI=1S/C14H20BrNO/c1-9-5-10(2)7-11(6-9)14(17)13-4-3-12(15)8-16-13/h3-4,8-11,14,17H,5-7H2,1-2H3. The molecule has 1 heterocycles. The molecular weight excluding hydrogens is 278 g/mol. The van der Waals surface area contributed by atoms with Crippen molar-refractivity contribution in [3.05, 3.63) is 28.5 Å². The highest BCUT2D eigenvalue weighted by Gasteiger charge is 2.30. The minimum atomic E-state index is -0.409. The van der Waals surface area contributed by atoms with E-state index in [1.54, 1.807) is 6.20 Å². The van der Waals surface area contributed by atoms with Gasteiger partial charge in [0.15, 0.2) is 0 Å². The fourth-order valence-corrected chi connectivity index (χ4v) is 3.31. The van der Waals surface area contributed by atoms with E-state index >= 15 is 0 Å². The lowest BCUT2D eigenvalue weighted by molar-refractivity contribution is 0.0522. The van der Waals surface area contributed by atoms with Crippen molar-refractivity contribution in [3.63, 3.8) is 0 Å². The predicted octanol–water partition coefficient (Wildman–Crippen LogP) is 3.95. The highest BCUT2D eigenvalue weighted by Crippen LogP contribution is 2.39. The summed E-state index contributed by atoms with van der Waals surface area (Å²) in [6.07, 6.45) is 4.87. The molecule has 3 heteroatoms. The van der Waals surface area contributed by atoms with Gasteiger partial charge in [0.2, 0.25) is 0 Å². The number of halogens is 1. The fraction of sp³-hybridized carbons (Fsp3) is 0.643. The molecule has 1 fully saturated rings. The quantitative estimate of drug-likeness (QED) is 0.897. The summed E-state index contributed by atoms with van der Waals surface area (Å²) in [4.78, 5) is 4.31. The lowest BCUT2D eigenvalue weighted by atomic mass is 9.74. The molecule has 0 aromatic carbocycles. The van der Waals surface area contributed by atoms with Gasteiger partial charge in [0, 0.05) is 10.7 Å². The molecule has 0 saturated heterocycles. The van der Waals surface area contributed by atoms with E-state index in [4.69, 9.17) is 0 Å². The van der Waals surface area contributed by atoms with Crippen LogP contribution in [0.25, 0.3) is 0 Å². The molecule has 2 rings (SSSR count). The number of aliphatic hydroxyl groups is 1. The lowest BCUT2D eigenvalue weighted by Gasteiger charge is -2.34. The zero-order valence-electron chi connectivity index (χ0n) is 10.4. The molecule has 1 aliphatic rings. The highest BCUT2D eigenvalue weighted by atomic mass is 79.9. The van der Waals surface area contributed by atoms with Crippen LogP contribution in [0.3, 0.4) is 0 Å². The predicted molar refractivity (Wildman–Crippen MR) is 72.6 cm³/mol. The van der Waals surface area contributed by atoms with Crippen LogP contribution in [0.5, 0.6) is 0 Å². The molecule has 3 unspecified atom stereocenters. The first-order valence-corrected chi connectivity index (χ1v) is 7.15. The van der Waals surface area contributed by atoms with Gasteiger partial charge in [0.1, 0.15) is 0 Å². The summed E-state index contributed by atoms with van der Waals surface area (Å²) in [6.45, 7) is 4.56. The lowest BCUT2D eigenvalue weighted by Crippen LogP contribution is -2.25. The molecule has 17 heavy (non-hydrogen) atoms. The Hall–Kier alpha value is -0.410. The number of rotatable bonds is 2. The van der Waals surface area contributed by atoms with E-state index in [1.165, 1.54) is 6.42 Å². The maximum absolute atomic E-state index is 10.4. The Morgan fingerprint density at radius 2 is 1.88 bits per heavy atom. The van der Waals surface area contributed by atoms with Crippen molar-refractivity contribution in [1.29, 1.82) is 0 Å². The van der Waals surface area contributed by atoms with Crippen molar-refractivity contribution in [2.24, 2.45) is 17.8 Å². The van der Waals surface area contributed by atoms with E-state index < -0.39 is 6.10 Å². The number of pyridine rings is 1. The van der Waals surface area contributed by atoms with Gasteiger partial charge >= 0.3 is 0 Å². The van der Waals surface area contributed by atoms with Crippen LogP contribution >= 0.6 is 15.9 Å². The Morgan fingerprint density at radius 3 is 2.41 bits per heavy atom. The normalized spacial score (nSPS) is 31.2. The van der Waals surface area contributed by atoms with Crippen molar-refractivity contribution < 1.29 is 5.11 Å². The van der Waals surface area contributed by atoms with Gasteiger partial charge in [0.25, 0.3) is 0 Å². The topological polar surface area (TPSA) is 33.1 Å². The van der Waals surface area contributed by atoms with Crippen LogP contribution in [0, 0.1) is 17.8 Å². The number of hydrogen-bond acceptors (Lipinski definition) is 2. The van der Waals surface area contributed by atoms with Gasteiger partial charge in [-0.15, -0.1) is 0 Å². The molecule has 0 aliphatic heterocycles. The fourth-order valence-electron chi connectivity index (χ4n) is 3.07. The minimum Gasteiger partial charge on any atom is -0.387 e. The molecule has 1 aromatic rings. The molecule has 0 amide bonds. The molecule has 0 radical (unpaired) electrons. The average Bonchev–Trinajstić information content (AvgIpc) is 2.28. The molecule has 2 nitrogen and oxygen atoms in total. The molecular formula is C14H20BrNO. The first-order chi connectivity index (χ1) is 8.06. The Balaban J connectivity index is 2.08. The zero-order valence-corrected chi connectivity index (χ0v) is 12.0. The third kappa shape index (κ3) is 3.29. The van der Waals surface area contributed by atoms with Crippen LogP contribution in [0.4, 0.5) is 0 Å². The summed E-state index contributed by atoms with van der Waals surface area (Å²) < 4.78 is 0.957. The summed E-state index contributed by atoms with van der Waals surface area (Å²) in [7, 11) is 0. The number of hydrogen-bond donors (Lipinski definition) is 1. The van der Waals surface area contributed by atoms with E-state index in [2.05, 4.69) is 34.8 Å². The van der Waals surface area contributed by atoms with Crippen LogP contribution in [-0.2, 0) is 0 Å². The molecule has 1 saturated carbocycles. The Labute approximate surface area is 112 Å². The summed E-state index contributed by atoms with van der Waals surface area (Å²) >= 11 is 3.37. The van der Waals surface area contributed by atoms with Crippen molar-refractivity contribution in [1.82, 2.24) is 4.98 Å². The third-order valence-corrected chi connectivity index (χ3v) is 4.18. The smallest absolute Gasteiger partial charge is 0.0987 e.